The summed E-state index contributed by atoms with van der Waals surface area (Å²) >= 11 is 0. The lowest BCUT2D eigenvalue weighted by Crippen LogP contribution is -1.98. The third kappa shape index (κ3) is 2.62. The average Bonchev–Trinajstić information content (AvgIpc) is 2.45. The molecule has 0 spiro atoms. The van der Waals surface area contributed by atoms with Crippen molar-refractivity contribution >= 4 is 11.0 Å². The molecule has 0 atom stereocenters. The minimum Gasteiger partial charge on any atom is -0.472 e. The molecule has 0 aliphatic heterocycles. The van der Waals surface area contributed by atoms with Gasteiger partial charge in [0.2, 0.25) is 5.88 Å². The number of aryl methyl sites for hydroxylation is 2. The molecule has 0 aliphatic carbocycles. The van der Waals surface area contributed by atoms with Crippen LogP contribution in [0.25, 0.3) is 11.0 Å². The van der Waals surface area contributed by atoms with E-state index in [1.807, 2.05) is 36.4 Å². The topological polar surface area (TPSA) is 35.0 Å². The van der Waals surface area contributed by atoms with Crippen molar-refractivity contribution in [3.8, 4) is 5.88 Å². The third-order valence-corrected chi connectivity index (χ3v) is 3.19. The number of aromatic nitrogens is 2. The monoisotopic (exact) mass is 264 g/mol. The molecule has 3 rings (SSSR count). The SMILES string of the molecule is Cc1cc(C)c2ncc(OCc3ccccc3)nc2c1. The first-order chi connectivity index (χ1) is 9.72. The molecule has 20 heavy (non-hydrogen) atoms. The molecular weight excluding hydrogens is 248 g/mol. The zero-order valence-electron chi connectivity index (χ0n) is 11.6. The van der Waals surface area contributed by atoms with Crippen molar-refractivity contribution in [3.05, 3.63) is 65.4 Å². The Hall–Kier alpha value is -2.42. The van der Waals surface area contributed by atoms with E-state index in [1.54, 1.807) is 6.20 Å². The van der Waals surface area contributed by atoms with Crippen LogP contribution in [-0.4, -0.2) is 9.97 Å². The highest BCUT2D eigenvalue weighted by molar-refractivity contribution is 5.78. The van der Waals surface area contributed by atoms with Crippen molar-refractivity contribution < 1.29 is 4.74 Å². The Morgan fingerprint density at radius 3 is 2.65 bits per heavy atom. The van der Waals surface area contributed by atoms with E-state index in [0.717, 1.165) is 22.2 Å². The van der Waals surface area contributed by atoms with Crippen molar-refractivity contribution in [1.82, 2.24) is 9.97 Å². The maximum absolute atomic E-state index is 5.71. The fourth-order valence-electron chi connectivity index (χ4n) is 2.26. The van der Waals surface area contributed by atoms with Gasteiger partial charge in [-0.25, -0.2) is 9.97 Å². The van der Waals surface area contributed by atoms with Crippen molar-refractivity contribution in [3.63, 3.8) is 0 Å². The van der Waals surface area contributed by atoms with E-state index in [1.165, 1.54) is 5.56 Å². The molecule has 0 amide bonds. The molecule has 0 aliphatic rings. The number of ether oxygens (including phenoxy) is 1. The summed E-state index contributed by atoms with van der Waals surface area (Å²) in [5.41, 5.74) is 5.26. The van der Waals surface area contributed by atoms with Gasteiger partial charge in [-0.15, -0.1) is 0 Å². The lowest BCUT2D eigenvalue weighted by Gasteiger charge is -2.07. The molecular formula is C17H16N2O. The molecule has 3 aromatic rings. The predicted molar refractivity (Wildman–Crippen MR) is 79.8 cm³/mol. The second kappa shape index (κ2) is 5.29. The van der Waals surface area contributed by atoms with Crippen LogP contribution in [0.1, 0.15) is 16.7 Å². The minimum absolute atomic E-state index is 0.506. The van der Waals surface area contributed by atoms with Gasteiger partial charge in [-0.1, -0.05) is 36.4 Å². The van der Waals surface area contributed by atoms with E-state index < -0.39 is 0 Å². The number of nitrogens with zero attached hydrogens (tertiary/aromatic N) is 2. The highest BCUT2D eigenvalue weighted by Gasteiger charge is 2.04. The lowest BCUT2D eigenvalue weighted by molar-refractivity contribution is 0.294. The molecule has 1 heterocycles. The summed E-state index contributed by atoms with van der Waals surface area (Å²) in [4.78, 5) is 8.97. The van der Waals surface area contributed by atoms with E-state index >= 15 is 0 Å². The summed E-state index contributed by atoms with van der Waals surface area (Å²) in [7, 11) is 0. The zero-order valence-corrected chi connectivity index (χ0v) is 11.6. The van der Waals surface area contributed by atoms with Crippen LogP contribution in [0.2, 0.25) is 0 Å². The Labute approximate surface area is 118 Å². The van der Waals surface area contributed by atoms with Crippen LogP contribution in [0.3, 0.4) is 0 Å². The Bertz CT molecular complexity index is 739. The third-order valence-electron chi connectivity index (χ3n) is 3.19. The van der Waals surface area contributed by atoms with Crippen molar-refractivity contribution in [2.75, 3.05) is 0 Å². The summed E-state index contributed by atoms with van der Waals surface area (Å²) in [6, 6.07) is 14.2. The summed E-state index contributed by atoms with van der Waals surface area (Å²) in [5, 5.41) is 0. The first kappa shape index (κ1) is 12.6. The Balaban J connectivity index is 1.86. The number of benzene rings is 2. The molecule has 3 heteroatoms. The summed E-state index contributed by atoms with van der Waals surface area (Å²) in [6.07, 6.45) is 1.69. The van der Waals surface area contributed by atoms with Gasteiger partial charge in [-0.2, -0.15) is 0 Å². The largest absolute Gasteiger partial charge is 0.472 e. The van der Waals surface area contributed by atoms with Gasteiger partial charge < -0.3 is 4.74 Å². The first-order valence-electron chi connectivity index (χ1n) is 6.63. The van der Waals surface area contributed by atoms with Gasteiger partial charge in [0.25, 0.3) is 0 Å². The highest BCUT2D eigenvalue weighted by atomic mass is 16.5. The number of hydrogen-bond donors (Lipinski definition) is 0. The van der Waals surface area contributed by atoms with E-state index in [9.17, 15) is 0 Å². The Kier molecular flexibility index (Phi) is 3.33. The van der Waals surface area contributed by atoms with Gasteiger partial charge in [0.1, 0.15) is 6.61 Å². The Morgan fingerprint density at radius 2 is 1.85 bits per heavy atom. The number of fused-ring (bicyclic) bond motifs is 1. The standard InChI is InChI=1S/C17H16N2O/c1-12-8-13(2)17-15(9-12)19-16(10-18-17)20-11-14-6-4-3-5-7-14/h3-10H,11H2,1-2H3. The summed E-state index contributed by atoms with van der Waals surface area (Å²) in [5.74, 6) is 0.561. The zero-order chi connectivity index (χ0) is 13.9. The molecule has 0 N–H and O–H groups in total. The first-order valence-corrected chi connectivity index (χ1v) is 6.63. The second-order valence-electron chi connectivity index (χ2n) is 4.93. The van der Waals surface area contributed by atoms with Crippen molar-refractivity contribution in [1.29, 1.82) is 0 Å². The van der Waals surface area contributed by atoms with E-state index in [-0.39, 0.29) is 0 Å². The van der Waals surface area contributed by atoms with Crippen molar-refractivity contribution in [2.24, 2.45) is 0 Å². The molecule has 2 aromatic carbocycles. The smallest absolute Gasteiger partial charge is 0.233 e. The molecule has 3 nitrogen and oxygen atoms in total. The normalized spacial score (nSPS) is 10.7. The van der Waals surface area contributed by atoms with Gasteiger partial charge in [-0.3, -0.25) is 0 Å². The lowest BCUT2D eigenvalue weighted by atomic mass is 10.1. The van der Waals surface area contributed by atoms with Crippen LogP contribution in [0.4, 0.5) is 0 Å². The van der Waals surface area contributed by atoms with Gasteiger partial charge in [0, 0.05) is 0 Å². The molecule has 0 fully saturated rings. The summed E-state index contributed by atoms with van der Waals surface area (Å²) < 4.78 is 5.71. The highest BCUT2D eigenvalue weighted by Crippen LogP contribution is 2.19. The fourth-order valence-corrected chi connectivity index (χ4v) is 2.26. The van der Waals surface area contributed by atoms with Crippen LogP contribution in [0, 0.1) is 13.8 Å². The quantitative estimate of drug-likeness (QED) is 0.721. The van der Waals surface area contributed by atoms with Crippen LogP contribution in [0.5, 0.6) is 5.88 Å². The molecule has 0 bridgehead atoms. The molecule has 1 aromatic heterocycles. The van der Waals surface area contributed by atoms with Crippen LogP contribution in [-0.2, 0) is 6.61 Å². The van der Waals surface area contributed by atoms with Crippen LogP contribution < -0.4 is 4.74 Å². The minimum atomic E-state index is 0.506. The summed E-state index contributed by atoms with van der Waals surface area (Å²) in [6.45, 7) is 4.62. The van der Waals surface area contributed by atoms with Gasteiger partial charge in [0.05, 0.1) is 17.2 Å². The molecule has 0 saturated heterocycles. The molecule has 0 saturated carbocycles. The van der Waals surface area contributed by atoms with E-state index in [2.05, 4.69) is 29.9 Å². The number of rotatable bonds is 3. The molecule has 0 unspecified atom stereocenters. The molecule has 100 valence electrons. The number of hydrogen-bond acceptors (Lipinski definition) is 3. The van der Waals surface area contributed by atoms with Gasteiger partial charge in [0.15, 0.2) is 0 Å². The maximum Gasteiger partial charge on any atom is 0.233 e. The van der Waals surface area contributed by atoms with E-state index in [4.69, 9.17) is 4.74 Å². The van der Waals surface area contributed by atoms with Gasteiger partial charge in [-0.05, 0) is 36.6 Å². The maximum atomic E-state index is 5.71. The van der Waals surface area contributed by atoms with Crippen LogP contribution >= 0.6 is 0 Å². The van der Waals surface area contributed by atoms with Crippen LogP contribution in [0.15, 0.2) is 48.7 Å². The van der Waals surface area contributed by atoms with E-state index in [0.29, 0.717) is 12.5 Å². The van der Waals surface area contributed by atoms with Crippen molar-refractivity contribution in [2.45, 2.75) is 20.5 Å². The molecule has 0 radical (unpaired) electrons. The fraction of sp³-hybridized carbons (Fsp3) is 0.176. The Morgan fingerprint density at radius 1 is 1.05 bits per heavy atom. The predicted octanol–water partition coefficient (Wildman–Crippen LogP) is 3.83. The van der Waals surface area contributed by atoms with Gasteiger partial charge >= 0.3 is 0 Å². The average molecular weight is 264 g/mol. The second-order valence-corrected chi connectivity index (χ2v) is 4.93.